The van der Waals surface area contributed by atoms with Crippen LogP contribution >= 0.6 is 11.3 Å². The molecule has 0 aliphatic carbocycles. The zero-order valence-electron chi connectivity index (χ0n) is 32.5. The van der Waals surface area contributed by atoms with Crippen LogP contribution in [-0.2, 0) is 0 Å². The normalized spacial score (nSPS) is 11.9. The van der Waals surface area contributed by atoms with E-state index in [2.05, 4.69) is 158 Å². The van der Waals surface area contributed by atoms with Gasteiger partial charge in [0.2, 0.25) is 0 Å². The highest BCUT2D eigenvalue weighted by Gasteiger charge is 2.21. The Morgan fingerprint density at radius 1 is 0.328 bits per heavy atom. The van der Waals surface area contributed by atoms with Gasteiger partial charge in [-0.05, 0) is 82.1 Å². The molecule has 0 spiro atoms. The molecule has 0 atom stereocenters. The number of hydrogen-bond acceptors (Lipinski definition) is 6. The average molecular weight is 798 g/mol. The lowest BCUT2D eigenvalue weighted by Crippen LogP contribution is -2.00. The molecule has 13 aromatic rings. The second kappa shape index (κ2) is 13.3. The van der Waals surface area contributed by atoms with Crippen molar-refractivity contribution in [2.24, 2.45) is 0 Å². The highest BCUT2D eigenvalue weighted by Crippen LogP contribution is 2.44. The van der Waals surface area contributed by atoms with Crippen molar-refractivity contribution in [1.29, 1.82) is 0 Å². The molecular formula is C55H31N3O2S. The summed E-state index contributed by atoms with van der Waals surface area (Å²) in [6, 6.07) is 65.6. The molecule has 13 rings (SSSR count). The van der Waals surface area contributed by atoms with E-state index in [1.54, 1.807) is 11.3 Å². The molecule has 6 heteroatoms. The van der Waals surface area contributed by atoms with E-state index in [1.165, 1.54) is 20.2 Å². The van der Waals surface area contributed by atoms with E-state index in [4.69, 9.17) is 23.8 Å². The Morgan fingerprint density at radius 2 is 0.951 bits per heavy atom. The molecule has 0 radical (unpaired) electrons. The largest absolute Gasteiger partial charge is 0.456 e. The quantitative estimate of drug-likeness (QED) is 0.174. The number of para-hydroxylation sites is 1. The third kappa shape index (κ3) is 5.43. The van der Waals surface area contributed by atoms with Gasteiger partial charge in [-0.3, -0.25) is 0 Å². The van der Waals surface area contributed by atoms with Crippen LogP contribution in [0.1, 0.15) is 0 Å². The van der Waals surface area contributed by atoms with E-state index in [0.29, 0.717) is 17.5 Å². The van der Waals surface area contributed by atoms with Crippen LogP contribution in [0.25, 0.3) is 131 Å². The number of furan rings is 2. The Morgan fingerprint density at radius 3 is 1.84 bits per heavy atom. The lowest BCUT2D eigenvalue weighted by molar-refractivity contribution is 0.668. The van der Waals surface area contributed by atoms with Crippen molar-refractivity contribution in [3.8, 4) is 56.4 Å². The first-order valence-corrected chi connectivity index (χ1v) is 21.1. The van der Waals surface area contributed by atoms with Crippen molar-refractivity contribution < 1.29 is 8.83 Å². The molecule has 0 fully saturated rings. The third-order valence-corrected chi connectivity index (χ3v) is 13.1. The summed E-state index contributed by atoms with van der Waals surface area (Å²) in [5.41, 5.74) is 10.5. The van der Waals surface area contributed by atoms with Crippen LogP contribution < -0.4 is 0 Å². The topological polar surface area (TPSA) is 65.0 Å². The van der Waals surface area contributed by atoms with Crippen LogP contribution in [0.15, 0.2) is 197 Å². The first-order chi connectivity index (χ1) is 30.2. The monoisotopic (exact) mass is 797 g/mol. The Labute approximate surface area is 352 Å². The number of aromatic nitrogens is 3. The molecule has 0 unspecified atom stereocenters. The van der Waals surface area contributed by atoms with E-state index in [1.807, 2.05) is 30.3 Å². The summed E-state index contributed by atoms with van der Waals surface area (Å²) in [5.74, 6) is 1.80. The summed E-state index contributed by atoms with van der Waals surface area (Å²) in [6.45, 7) is 0. The Balaban J connectivity index is 1.01. The predicted octanol–water partition coefficient (Wildman–Crippen LogP) is 15.5. The van der Waals surface area contributed by atoms with Gasteiger partial charge in [0.1, 0.15) is 22.3 Å². The standard InChI is InChI=1S/C55H31N3O2S/c1-2-11-32(12-3-1)33-21-23-34(24-22-33)53-56-54(37-26-28-49-43(29-37)39-15-7-9-20-48(39)61-49)58-55(57-53)42-17-10-19-45-51(42)41-27-25-36(31-46(41)60-45)50-38-14-5-4-13-35(38)30-47-52(50)40-16-6-8-18-44(40)59-47/h1-31H. The molecule has 0 saturated carbocycles. The molecule has 0 N–H and O–H groups in total. The second-order valence-electron chi connectivity index (χ2n) is 15.5. The van der Waals surface area contributed by atoms with E-state index in [0.717, 1.165) is 93.6 Å². The molecule has 0 aliphatic rings. The molecular weight excluding hydrogens is 767 g/mol. The van der Waals surface area contributed by atoms with E-state index in [-0.39, 0.29) is 0 Å². The Kier molecular flexibility index (Phi) is 7.41. The summed E-state index contributed by atoms with van der Waals surface area (Å²) in [4.78, 5) is 15.6. The van der Waals surface area contributed by atoms with Gasteiger partial charge in [-0.1, -0.05) is 133 Å². The summed E-state index contributed by atoms with van der Waals surface area (Å²) in [6.07, 6.45) is 0. The molecule has 4 aromatic heterocycles. The molecule has 4 heterocycles. The summed E-state index contributed by atoms with van der Waals surface area (Å²) in [7, 11) is 0. The number of thiophene rings is 1. The molecule has 9 aromatic carbocycles. The van der Waals surface area contributed by atoms with Crippen molar-refractivity contribution >= 4 is 86.2 Å². The lowest BCUT2D eigenvalue weighted by Gasteiger charge is -2.10. The summed E-state index contributed by atoms with van der Waals surface area (Å²) in [5, 5.41) is 8.85. The smallest absolute Gasteiger partial charge is 0.164 e. The van der Waals surface area contributed by atoms with Crippen molar-refractivity contribution in [3.63, 3.8) is 0 Å². The van der Waals surface area contributed by atoms with Gasteiger partial charge in [0.05, 0.1) is 0 Å². The van der Waals surface area contributed by atoms with Gasteiger partial charge in [-0.25, -0.2) is 15.0 Å². The van der Waals surface area contributed by atoms with Gasteiger partial charge in [0.25, 0.3) is 0 Å². The van der Waals surface area contributed by atoms with Gasteiger partial charge < -0.3 is 8.83 Å². The molecule has 0 aliphatic heterocycles. The second-order valence-corrected chi connectivity index (χ2v) is 16.6. The molecule has 0 amide bonds. The average Bonchev–Trinajstić information content (AvgIpc) is 4.01. The van der Waals surface area contributed by atoms with Crippen molar-refractivity contribution in [2.45, 2.75) is 0 Å². The molecule has 0 saturated heterocycles. The number of benzene rings is 9. The van der Waals surface area contributed by atoms with Gasteiger partial charge in [0.15, 0.2) is 17.5 Å². The van der Waals surface area contributed by atoms with Gasteiger partial charge in [-0.15, -0.1) is 11.3 Å². The minimum atomic E-state index is 0.584. The predicted molar refractivity (Wildman–Crippen MR) is 252 cm³/mol. The summed E-state index contributed by atoms with van der Waals surface area (Å²) >= 11 is 1.80. The molecule has 61 heavy (non-hydrogen) atoms. The molecule has 0 bridgehead atoms. The van der Waals surface area contributed by atoms with Gasteiger partial charge >= 0.3 is 0 Å². The third-order valence-electron chi connectivity index (χ3n) is 11.9. The summed E-state index contributed by atoms with van der Waals surface area (Å²) < 4.78 is 15.7. The molecule has 5 nitrogen and oxygen atoms in total. The highest BCUT2D eigenvalue weighted by molar-refractivity contribution is 7.25. The Hall–Kier alpha value is -7.93. The van der Waals surface area contributed by atoms with Gasteiger partial charge in [-0.2, -0.15) is 0 Å². The number of rotatable bonds is 5. The van der Waals surface area contributed by atoms with Crippen LogP contribution in [-0.4, -0.2) is 15.0 Å². The van der Waals surface area contributed by atoms with E-state index in [9.17, 15) is 0 Å². The van der Waals surface area contributed by atoms with E-state index < -0.39 is 0 Å². The Bertz CT molecular complexity index is 3880. The van der Waals surface area contributed by atoms with Crippen molar-refractivity contribution in [1.82, 2.24) is 15.0 Å². The van der Waals surface area contributed by atoms with Crippen LogP contribution in [0.4, 0.5) is 0 Å². The SMILES string of the molecule is c1ccc(-c2ccc(-c3nc(-c4ccc5sc6ccccc6c5c4)nc(-c4cccc5oc6cc(-c7c8ccccc8cc8oc9ccccc9c78)ccc6c45)n3)cc2)cc1. The zero-order chi connectivity index (χ0) is 40.0. The number of fused-ring (bicyclic) bond motifs is 10. The van der Waals surface area contributed by atoms with Crippen LogP contribution in [0.5, 0.6) is 0 Å². The molecule has 284 valence electrons. The van der Waals surface area contributed by atoms with Crippen LogP contribution in [0.3, 0.4) is 0 Å². The first-order valence-electron chi connectivity index (χ1n) is 20.3. The van der Waals surface area contributed by atoms with Crippen LogP contribution in [0.2, 0.25) is 0 Å². The van der Waals surface area contributed by atoms with Crippen molar-refractivity contribution in [2.75, 3.05) is 0 Å². The zero-order valence-corrected chi connectivity index (χ0v) is 33.3. The van der Waals surface area contributed by atoms with E-state index >= 15 is 0 Å². The maximum absolute atomic E-state index is 6.74. The first kappa shape index (κ1) is 34.0. The fourth-order valence-electron chi connectivity index (χ4n) is 9.08. The fraction of sp³-hybridized carbons (Fsp3) is 0. The number of nitrogens with zero attached hydrogens (tertiary/aromatic N) is 3. The maximum atomic E-state index is 6.74. The van der Waals surface area contributed by atoms with Crippen LogP contribution in [0, 0.1) is 0 Å². The minimum absolute atomic E-state index is 0.584. The number of hydrogen-bond donors (Lipinski definition) is 0. The lowest BCUT2D eigenvalue weighted by atomic mass is 9.92. The minimum Gasteiger partial charge on any atom is -0.456 e. The van der Waals surface area contributed by atoms with Crippen molar-refractivity contribution in [3.05, 3.63) is 188 Å². The fourth-order valence-corrected chi connectivity index (χ4v) is 10.2. The highest BCUT2D eigenvalue weighted by atomic mass is 32.1. The maximum Gasteiger partial charge on any atom is 0.164 e. The van der Waals surface area contributed by atoms with Gasteiger partial charge in [0, 0.05) is 64.0 Å².